The quantitative estimate of drug-likeness (QED) is 0.154. The van der Waals surface area contributed by atoms with E-state index in [2.05, 4.69) is 0 Å². The van der Waals surface area contributed by atoms with Crippen molar-refractivity contribution in [1.82, 2.24) is 4.90 Å². The van der Waals surface area contributed by atoms with Crippen LogP contribution < -0.4 is 17.2 Å². The van der Waals surface area contributed by atoms with E-state index in [9.17, 15) is 28.8 Å². The van der Waals surface area contributed by atoms with Gasteiger partial charge in [0.2, 0.25) is 0 Å². The Morgan fingerprint density at radius 1 is 1.05 bits per heavy atom. The molecule has 3 aliphatic carbocycles. The largest absolute Gasteiger partial charge is 0.510 e. The number of nitrogens with zero attached hydrogens (tertiary/aromatic N) is 1. The molecule has 3 aliphatic rings. The Morgan fingerprint density at radius 2 is 1.64 bits per heavy atom. The highest BCUT2D eigenvalue weighted by Crippen LogP contribution is 2.62. The molecule has 2 aromatic carbocycles. The van der Waals surface area contributed by atoms with E-state index in [0.29, 0.717) is 22.3 Å². The van der Waals surface area contributed by atoms with Gasteiger partial charge < -0.3 is 32.8 Å². The maximum atomic E-state index is 13.2. The molecule has 0 heterocycles. The lowest BCUT2D eigenvalue weighted by atomic mass is 9.46. The third kappa shape index (κ3) is 3.67. The van der Waals surface area contributed by atoms with Gasteiger partial charge >= 0.3 is 6.18 Å². The second kappa shape index (κ2) is 8.92. The lowest BCUT2D eigenvalue weighted by Gasteiger charge is -2.61. The number of allylic oxidation sites excluding steroid dienone is 1. The summed E-state index contributed by atoms with van der Waals surface area (Å²) in [4.78, 5) is 1.67. The van der Waals surface area contributed by atoms with Crippen molar-refractivity contribution in [3.05, 3.63) is 75.7 Å². The number of hydrogen-bond acceptors (Lipinski definition) is 8. The lowest BCUT2D eigenvalue weighted by Crippen LogP contribution is -2.71. The lowest BCUT2D eigenvalue weighted by molar-refractivity contribution is -0.137. The van der Waals surface area contributed by atoms with Crippen molar-refractivity contribution in [2.24, 2.45) is 22.3 Å². The minimum absolute atomic E-state index is 0.0599. The molecule has 0 saturated carbocycles. The second-order valence-electron chi connectivity index (χ2n) is 12.3. The number of anilines is 1. The molecule has 0 amide bonds. The molecule has 5 rings (SSSR count). The summed E-state index contributed by atoms with van der Waals surface area (Å²) in [5.41, 5.74) is 15.4. The zero-order chi connectivity index (χ0) is 31.3. The van der Waals surface area contributed by atoms with Gasteiger partial charge in [0, 0.05) is 27.7 Å². The average Bonchev–Trinajstić information content (AvgIpc) is 2.85. The Morgan fingerprint density at radius 3 is 2.17 bits per heavy atom. The van der Waals surface area contributed by atoms with Crippen molar-refractivity contribution >= 4 is 22.9 Å². The summed E-state index contributed by atoms with van der Waals surface area (Å²) in [5, 5.41) is 50.0. The summed E-state index contributed by atoms with van der Waals surface area (Å²) >= 11 is 0. The van der Waals surface area contributed by atoms with Crippen LogP contribution in [0.1, 0.15) is 37.0 Å². The topological polar surface area (TPSA) is 193 Å². The average molecular weight is 582 g/mol. The predicted octanol–water partition coefficient (Wildman–Crippen LogP) is 3.95. The molecule has 42 heavy (non-hydrogen) atoms. The van der Waals surface area contributed by atoms with Gasteiger partial charge in [-0.05, 0) is 61.8 Å². The number of nitrogens with two attached hydrogens (primary N) is 3. The van der Waals surface area contributed by atoms with Crippen molar-refractivity contribution in [1.29, 1.82) is 16.2 Å². The molecule has 0 unspecified atom stereocenters. The molecular formula is C30H34F3N7O2. The molecule has 9 nitrogen and oxygen atoms in total. The Kier molecular flexibility index (Phi) is 6.23. The number of likely N-dealkylation sites (N-methyl/N-ethyl adjacent to an activating group) is 1. The van der Waals surface area contributed by atoms with Gasteiger partial charge in [-0.1, -0.05) is 32.0 Å². The number of hydrogen-bond donors (Lipinski definition) is 8. The Labute approximate surface area is 241 Å². The number of benzene rings is 2. The highest BCUT2D eigenvalue weighted by Gasteiger charge is 2.68. The molecule has 0 spiro atoms. The third-order valence-electron chi connectivity index (χ3n) is 9.30. The van der Waals surface area contributed by atoms with Gasteiger partial charge in [-0.3, -0.25) is 15.7 Å². The zero-order valence-electron chi connectivity index (χ0n) is 23.7. The molecule has 0 aliphatic heterocycles. The summed E-state index contributed by atoms with van der Waals surface area (Å²) in [5.74, 6) is -0.925. The highest BCUT2D eigenvalue weighted by atomic mass is 19.4. The number of alkyl halides is 3. The molecule has 0 saturated heterocycles. The van der Waals surface area contributed by atoms with Crippen LogP contribution in [0.5, 0.6) is 0 Å². The van der Waals surface area contributed by atoms with Crippen LogP contribution in [0.15, 0.2) is 59.0 Å². The third-order valence-corrected chi connectivity index (χ3v) is 9.30. The van der Waals surface area contributed by atoms with Gasteiger partial charge in [-0.2, -0.15) is 13.2 Å². The fourth-order valence-electron chi connectivity index (χ4n) is 7.75. The molecule has 0 fully saturated rings. The monoisotopic (exact) mass is 581 g/mol. The molecule has 12 heteroatoms. The van der Waals surface area contributed by atoms with Gasteiger partial charge in [0.1, 0.15) is 11.6 Å². The Hall–Kier alpha value is -4.16. The Balaban J connectivity index is 1.76. The van der Waals surface area contributed by atoms with E-state index >= 15 is 0 Å². The first-order valence-corrected chi connectivity index (χ1v) is 13.3. The van der Waals surface area contributed by atoms with Crippen LogP contribution in [0, 0.1) is 27.1 Å². The number of aliphatic hydroxyl groups is 2. The molecular weight excluding hydrogens is 547 g/mol. The summed E-state index contributed by atoms with van der Waals surface area (Å²) in [7, 11) is 3.39. The maximum absolute atomic E-state index is 13.2. The SMILES string of the molecule is CN(C)[C@@H]1C(O)=C(C(=N)N)C(=N)[C@@]2(O)C(N)=C3C(=N)c4c(N)ccc(-c5ccc(C(F)(F)F)cc5)c4C[C@@]3(C)C[C@@]12C. The number of halogens is 3. The number of nitrogens with one attached hydrogen (secondary N) is 3. The zero-order valence-corrected chi connectivity index (χ0v) is 23.7. The normalized spacial score (nSPS) is 29.4. The van der Waals surface area contributed by atoms with E-state index in [-0.39, 0.29) is 46.8 Å². The summed E-state index contributed by atoms with van der Waals surface area (Å²) < 4.78 is 39.7. The molecule has 222 valence electrons. The van der Waals surface area contributed by atoms with Gasteiger partial charge in [0.15, 0.2) is 5.60 Å². The van der Waals surface area contributed by atoms with Crippen LogP contribution in [0.3, 0.4) is 0 Å². The number of nitrogen functional groups attached to an aromatic ring is 1. The van der Waals surface area contributed by atoms with Crippen molar-refractivity contribution in [3.8, 4) is 11.1 Å². The van der Waals surface area contributed by atoms with E-state index in [4.69, 9.17) is 28.0 Å². The van der Waals surface area contributed by atoms with Crippen LogP contribution in [0.25, 0.3) is 11.1 Å². The van der Waals surface area contributed by atoms with Crippen LogP contribution in [-0.4, -0.2) is 58.1 Å². The first kappa shape index (κ1) is 29.3. The molecule has 0 radical (unpaired) electrons. The van der Waals surface area contributed by atoms with Crippen LogP contribution >= 0.6 is 0 Å². The van der Waals surface area contributed by atoms with E-state index in [1.165, 1.54) is 12.1 Å². The van der Waals surface area contributed by atoms with Crippen molar-refractivity contribution < 1.29 is 23.4 Å². The molecule has 0 aromatic heterocycles. The van der Waals surface area contributed by atoms with E-state index < -0.39 is 45.8 Å². The van der Waals surface area contributed by atoms with E-state index in [0.717, 1.165) is 12.1 Å². The van der Waals surface area contributed by atoms with Crippen molar-refractivity contribution in [2.75, 3.05) is 19.8 Å². The molecule has 0 bridgehead atoms. The van der Waals surface area contributed by atoms with Crippen LogP contribution in [0.4, 0.5) is 18.9 Å². The van der Waals surface area contributed by atoms with Gasteiger partial charge in [-0.15, -0.1) is 0 Å². The summed E-state index contributed by atoms with van der Waals surface area (Å²) in [6.45, 7) is 3.60. The van der Waals surface area contributed by atoms with Gasteiger partial charge in [0.05, 0.1) is 34.3 Å². The molecule has 11 N–H and O–H groups in total. The minimum Gasteiger partial charge on any atom is -0.510 e. The number of aliphatic hydroxyl groups excluding tert-OH is 1. The highest BCUT2D eigenvalue weighted by molar-refractivity contribution is 6.27. The van der Waals surface area contributed by atoms with Crippen LogP contribution in [0.2, 0.25) is 0 Å². The first-order valence-electron chi connectivity index (χ1n) is 13.3. The van der Waals surface area contributed by atoms with E-state index in [1.54, 1.807) is 38.1 Å². The standard InChI is InChI=1S/C30H34F3N7O2/c1-27-11-16-15(13-5-7-14(8-6-13)30(31,32)33)9-10-17(34)18(16)21(35)20(27)24(37)29(42)23(36)19(26(38)39)22(41)25(40(3)4)28(29,2)12-27/h5-10,25,35-36,41-42H,11-12,34,37H2,1-4H3,(H3,38,39)/t25-,27+,28+,29-/m1/s1. The number of fused-ring (bicyclic) bond motifs is 3. The second-order valence-corrected chi connectivity index (χ2v) is 12.3. The van der Waals surface area contributed by atoms with Crippen LogP contribution in [-0.2, 0) is 12.6 Å². The molecule has 2 aromatic rings. The predicted molar refractivity (Wildman–Crippen MR) is 156 cm³/mol. The summed E-state index contributed by atoms with van der Waals surface area (Å²) in [6, 6.07) is 7.19. The van der Waals surface area contributed by atoms with Gasteiger partial charge in [-0.25, -0.2) is 0 Å². The van der Waals surface area contributed by atoms with Crippen molar-refractivity contribution in [2.45, 2.75) is 44.5 Å². The number of rotatable bonds is 3. The fourth-order valence-corrected chi connectivity index (χ4v) is 7.75. The van der Waals surface area contributed by atoms with Crippen molar-refractivity contribution in [3.63, 3.8) is 0 Å². The number of amidine groups is 1. The summed E-state index contributed by atoms with van der Waals surface area (Å²) in [6.07, 6.45) is -4.07. The first-order chi connectivity index (χ1) is 19.3. The fraction of sp³-hybridized carbons (Fsp3) is 0.367. The Bertz CT molecular complexity index is 1640. The minimum atomic E-state index is -4.49. The van der Waals surface area contributed by atoms with Gasteiger partial charge in [0.25, 0.3) is 0 Å². The smallest absolute Gasteiger partial charge is 0.416 e. The van der Waals surface area contributed by atoms with E-state index in [1.807, 2.05) is 6.92 Å². The molecule has 4 atom stereocenters. The maximum Gasteiger partial charge on any atom is 0.416 e.